The van der Waals surface area contributed by atoms with E-state index in [1.165, 1.54) is 0 Å². The van der Waals surface area contributed by atoms with Crippen molar-refractivity contribution in [3.05, 3.63) is 36.7 Å². The van der Waals surface area contributed by atoms with Crippen molar-refractivity contribution in [2.45, 2.75) is 38.9 Å². The molecule has 0 atom stereocenters. The summed E-state index contributed by atoms with van der Waals surface area (Å²) in [4.78, 5) is 8.46. The van der Waals surface area contributed by atoms with Gasteiger partial charge in [-0.15, -0.1) is 0 Å². The second kappa shape index (κ2) is 6.07. The highest BCUT2D eigenvalue weighted by molar-refractivity contribution is 6.61. The maximum atomic E-state index is 5.98. The molecule has 7 heteroatoms. The van der Waals surface area contributed by atoms with Gasteiger partial charge in [0.05, 0.1) is 18.3 Å². The molecule has 0 aliphatic carbocycles. The van der Waals surface area contributed by atoms with Crippen molar-refractivity contribution in [3.63, 3.8) is 0 Å². The van der Waals surface area contributed by atoms with Gasteiger partial charge in [0.25, 0.3) is 0 Å². The Kier molecular flexibility index (Phi) is 4.23. The van der Waals surface area contributed by atoms with Crippen LogP contribution in [-0.2, 0) is 9.31 Å². The van der Waals surface area contributed by atoms with Gasteiger partial charge in [-0.2, -0.15) is 0 Å². The van der Waals surface area contributed by atoms with E-state index in [1.807, 2.05) is 39.8 Å². The number of hydrogen-bond donors (Lipinski definition) is 0. The van der Waals surface area contributed by atoms with Gasteiger partial charge in [-0.3, -0.25) is 0 Å². The summed E-state index contributed by atoms with van der Waals surface area (Å²) in [6.07, 6.45) is 3.32. The van der Waals surface area contributed by atoms with Gasteiger partial charge >= 0.3 is 13.1 Å². The number of aromatic nitrogens is 2. The van der Waals surface area contributed by atoms with Crippen LogP contribution in [0.4, 0.5) is 0 Å². The van der Waals surface area contributed by atoms with Crippen molar-refractivity contribution in [1.29, 1.82) is 0 Å². The van der Waals surface area contributed by atoms with E-state index in [2.05, 4.69) is 9.97 Å². The Morgan fingerprint density at radius 3 is 1.88 bits per heavy atom. The lowest BCUT2D eigenvalue weighted by Crippen LogP contribution is -2.41. The zero-order valence-electron chi connectivity index (χ0n) is 14.6. The zero-order valence-corrected chi connectivity index (χ0v) is 14.6. The number of methoxy groups -OCH3 is 1. The highest BCUT2D eigenvalue weighted by Gasteiger charge is 2.51. The normalized spacial score (nSPS) is 18.5. The van der Waals surface area contributed by atoms with E-state index < -0.39 is 18.3 Å². The average molecular weight is 328 g/mol. The first-order valence-corrected chi connectivity index (χ1v) is 7.80. The molecule has 1 saturated heterocycles. The smallest absolute Gasteiger partial charge is 0.497 e. The summed E-state index contributed by atoms with van der Waals surface area (Å²) in [5, 5.41) is 0. The number of rotatable bonds is 4. The van der Waals surface area contributed by atoms with Gasteiger partial charge in [-0.25, -0.2) is 9.97 Å². The minimum absolute atomic E-state index is 0.264. The third-order valence-electron chi connectivity index (χ3n) is 4.44. The molecule has 0 bridgehead atoms. The van der Waals surface area contributed by atoms with Crippen molar-refractivity contribution < 1.29 is 18.8 Å². The summed E-state index contributed by atoms with van der Waals surface area (Å²) in [7, 11) is 1.14. The maximum Gasteiger partial charge on any atom is 0.498 e. The Hall–Kier alpha value is -2.12. The first-order chi connectivity index (χ1) is 11.3. The number of nitrogens with zero attached hydrogens (tertiary/aromatic N) is 2. The van der Waals surface area contributed by atoms with E-state index in [9.17, 15) is 0 Å². The van der Waals surface area contributed by atoms with Crippen molar-refractivity contribution >= 4 is 12.6 Å². The van der Waals surface area contributed by atoms with Gasteiger partial charge in [0, 0.05) is 17.9 Å². The highest BCUT2D eigenvalue weighted by atomic mass is 16.7. The van der Waals surface area contributed by atoms with E-state index in [0.717, 1.165) is 11.2 Å². The third-order valence-corrected chi connectivity index (χ3v) is 4.44. The molecule has 1 aliphatic heterocycles. The first-order valence-electron chi connectivity index (χ1n) is 7.80. The largest absolute Gasteiger partial charge is 0.498 e. The summed E-state index contributed by atoms with van der Waals surface area (Å²) in [6.45, 7) is 8.04. The molecular formula is C17H21BN2O4. The molecule has 24 heavy (non-hydrogen) atoms. The number of ether oxygens (including phenoxy) is 2. The molecule has 0 radical (unpaired) electrons. The molecule has 3 rings (SSSR count). The summed E-state index contributed by atoms with van der Waals surface area (Å²) in [5.74, 6) is 1.40. The van der Waals surface area contributed by atoms with Crippen molar-refractivity contribution in [3.8, 4) is 17.5 Å². The molecule has 0 spiro atoms. The van der Waals surface area contributed by atoms with Gasteiger partial charge < -0.3 is 18.8 Å². The fraction of sp³-hybridized carbons (Fsp3) is 0.412. The summed E-state index contributed by atoms with van der Waals surface area (Å²) in [5.41, 5.74) is -0.0259. The van der Waals surface area contributed by atoms with Crippen molar-refractivity contribution in [1.82, 2.24) is 9.97 Å². The SMILES string of the molecule is COc1ccc(Oc2ncc(B3OC(C)(C)C(C)(C)O3)cn2)cc1. The summed E-state index contributed by atoms with van der Waals surface area (Å²) in [6, 6.07) is 7.48. The fourth-order valence-electron chi connectivity index (χ4n) is 2.23. The lowest BCUT2D eigenvalue weighted by atomic mass is 9.81. The first kappa shape index (κ1) is 16.7. The van der Waals surface area contributed by atoms with Gasteiger partial charge in [-0.1, -0.05) is 0 Å². The standard InChI is InChI=1S/C17H21BN2O4/c1-16(2)17(3,4)24-18(23-16)12-10-19-15(20-11-12)22-14-8-6-13(21-5)7-9-14/h6-11H,1-5H3. The summed E-state index contributed by atoms with van der Waals surface area (Å²) < 4.78 is 22.7. The van der Waals surface area contributed by atoms with Crippen LogP contribution in [0.3, 0.4) is 0 Å². The summed E-state index contributed by atoms with van der Waals surface area (Å²) >= 11 is 0. The predicted molar refractivity (Wildman–Crippen MR) is 90.8 cm³/mol. The molecule has 0 unspecified atom stereocenters. The second-order valence-electron chi connectivity index (χ2n) is 6.66. The highest BCUT2D eigenvalue weighted by Crippen LogP contribution is 2.36. The molecule has 0 saturated carbocycles. The van der Waals surface area contributed by atoms with Crippen LogP contribution in [0.5, 0.6) is 17.5 Å². The predicted octanol–water partition coefficient (Wildman–Crippen LogP) is 2.58. The topological polar surface area (TPSA) is 62.7 Å². The van der Waals surface area contributed by atoms with Gasteiger partial charge in [0.1, 0.15) is 11.5 Å². The maximum absolute atomic E-state index is 5.98. The molecule has 2 heterocycles. The average Bonchev–Trinajstić information content (AvgIpc) is 2.77. The molecule has 6 nitrogen and oxygen atoms in total. The van der Waals surface area contributed by atoms with Crippen LogP contribution in [0.1, 0.15) is 27.7 Å². The zero-order chi connectivity index (χ0) is 17.4. The lowest BCUT2D eigenvalue weighted by molar-refractivity contribution is 0.00578. The van der Waals surface area contributed by atoms with Crippen molar-refractivity contribution in [2.75, 3.05) is 7.11 Å². The van der Waals surface area contributed by atoms with Gasteiger partial charge in [0.15, 0.2) is 0 Å². The van der Waals surface area contributed by atoms with Crippen molar-refractivity contribution in [2.24, 2.45) is 0 Å². The van der Waals surface area contributed by atoms with Crippen LogP contribution in [0.15, 0.2) is 36.7 Å². The third kappa shape index (κ3) is 3.23. The molecule has 1 fully saturated rings. The minimum atomic E-state index is -0.481. The van der Waals surface area contributed by atoms with Crippen LogP contribution in [0, 0.1) is 0 Å². The second-order valence-corrected chi connectivity index (χ2v) is 6.66. The molecule has 1 aliphatic rings. The number of benzene rings is 1. The Morgan fingerprint density at radius 2 is 1.38 bits per heavy atom. The van der Waals surface area contributed by atoms with Crippen LogP contribution >= 0.6 is 0 Å². The van der Waals surface area contributed by atoms with E-state index in [1.54, 1.807) is 31.6 Å². The monoisotopic (exact) mass is 328 g/mol. The molecule has 2 aromatic rings. The Morgan fingerprint density at radius 1 is 0.875 bits per heavy atom. The van der Waals surface area contributed by atoms with Crippen LogP contribution in [0.25, 0.3) is 0 Å². The van der Waals surface area contributed by atoms with E-state index in [0.29, 0.717) is 5.75 Å². The van der Waals surface area contributed by atoms with Crippen LogP contribution in [-0.4, -0.2) is 35.4 Å². The fourth-order valence-corrected chi connectivity index (χ4v) is 2.23. The van der Waals surface area contributed by atoms with E-state index >= 15 is 0 Å². The van der Waals surface area contributed by atoms with Crippen LogP contribution in [0.2, 0.25) is 0 Å². The lowest BCUT2D eigenvalue weighted by Gasteiger charge is -2.32. The molecule has 0 amide bonds. The Bertz CT molecular complexity index is 686. The minimum Gasteiger partial charge on any atom is -0.497 e. The van der Waals surface area contributed by atoms with E-state index in [4.69, 9.17) is 18.8 Å². The molecule has 1 aromatic carbocycles. The van der Waals surface area contributed by atoms with E-state index in [-0.39, 0.29) is 6.01 Å². The molecular weight excluding hydrogens is 307 g/mol. The van der Waals surface area contributed by atoms with Crippen LogP contribution < -0.4 is 14.9 Å². The molecule has 126 valence electrons. The Labute approximate surface area is 142 Å². The Balaban J connectivity index is 1.69. The quantitative estimate of drug-likeness (QED) is 0.804. The molecule has 0 N–H and O–H groups in total. The molecule has 1 aromatic heterocycles. The van der Waals surface area contributed by atoms with Gasteiger partial charge in [-0.05, 0) is 52.0 Å². The van der Waals surface area contributed by atoms with Gasteiger partial charge in [0.2, 0.25) is 0 Å². The number of hydrogen-bond acceptors (Lipinski definition) is 6.